The van der Waals surface area contributed by atoms with Crippen molar-refractivity contribution < 1.29 is 19.1 Å². The summed E-state index contributed by atoms with van der Waals surface area (Å²) >= 11 is 0. The lowest BCUT2D eigenvalue weighted by atomic mass is 9.94. The largest absolute Gasteiger partial charge is 0.493 e. The molecule has 5 nitrogen and oxygen atoms in total. The van der Waals surface area contributed by atoms with Crippen LogP contribution in [0.1, 0.15) is 35.4 Å². The normalized spacial score (nSPS) is 17.8. The minimum absolute atomic E-state index is 0.248. The molecule has 98 valence electrons. The first kappa shape index (κ1) is 11.8. The molecule has 1 unspecified atom stereocenters. The summed E-state index contributed by atoms with van der Waals surface area (Å²) in [6, 6.07) is 4.35. The highest BCUT2D eigenvalue weighted by molar-refractivity contribution is 5.88. The number of ether oxygens (including phenoxy) is 1. The Morgan fingerprint density at radius 1 is 1.37 bits per heavy atom. The van der Waals surface area contributed by atoms with Crippen LogP contribution in [0.5, 0.6) is 5.75 Å². The molecule has 3 rings (SSSR count). The van der Waals surface area contributed by atoms with E-state index in [1.165, 1.54) is 0 Å². The second kappa shape index (κ2) is 4.12. The summed E-state index contributed by atoms with van der Waals surface area (Å²) in [7, 11) is 0. The van der Waals surface area contributed by atoms with E-state index >= 15 is 0 Å². The van der Waals surface area contributed by atoms with Gasteiger partial charge in [0.15, 0.2) is 5.43 Å². The predicted molar refractivity (Wildman–Crippen MR) is 68.0 cm³/mol. The molecule has 0 bridgehead atoms. The van der Waals surface area contributed by atoms with E-state index in [0.717, 1.165) is 18.1 Å². The van der Waals surface area contributed by atoms with Crippen LogP contribution in [0.3, 0.4) is 0 Å². The van der Waals surface area contributed by atoms with Gasteiger partial charge in [-0.25, -0.2) is 4.79 Å². The third kappa shape index (κ3) is 1.87. The third-order valence-corrected chi connectivity index (χ3v) is 3.41. The van der Waals surface area contributed by atoms with Crippen LogP contribution in [0, 0.1) is 0 Å². The summed E-state index contributed by atoms with van der Waals surface area (Å²) in [6.07, 6.45) is 0.900. The molecule has 0 saturated carbocycles. The van der Waals surface area contributed by atoms with E-state index in [1.54, 1.807) is 12.1 Å². The highest BCUT2D eigenvalue weighted by atomic mass is 16.5. The predicted octanol–water partition coefficient (Wildman–Crippen LogP) is 2.38. The summed E-state index contributed by atoms with van der Waals surface area (Å²) in [5.74, 6) is -0.643. The van der Waals surface area contributed by atoms with Gasteiger partial charge in [-0.2, -0.15) is 0 Å². The number of fused-ring (bicyclic) bond motifs is 2. The molecule has 0 spiro atoms. The molecule has 2 heterocycles. The Kier molecular flexibility index (Phi) is 2.55. The third-order valence-electron chi connectivity index (χ3n) is 3.41. The van der Waals surface area contributed by atoms with E-state index < -0.39 is 5.97 Å². The molecule has 1 atom stereocenters. The Morgan fingerprint density at radius 2 is 2.16 bits per heavy atom. The molecule has 5 heteroatoms. The zero-order valence-corrected chi connectivity index (χ0v) is 10.3. The summed E-state index contributed by atoms with van der Waals surface area (Å²) in [4.78, 5) is 22.8. The number of carboxylic acid groups (broad SMARTS) is 1. The number of hydrogen-bond donors (Lipinski definition) is 1. The number of hydrogen-bond acceptors (Lipinski definition) is 4. The molecule has 0 fully saturated rings. The smallest absolute Gasteiger partial charge is 0.371 e. The van der Waals surface area contributed by atoms with Crippen LogP contribution in [-0.2, 0) is 0 Å². The average molecular weight is 260 g/mol. The quantitative estimate of drug-likeness (QED) is 0.851. The Balaban J connectivity index is 2.31. The Morgan fingerprint density at radius 3 is 2.89 bits per heavy atom. The van der Waals surface area contributed by atoms with Gasteiger partial charge in [0.05, 0.1) is 12.0 Å². The zero-order chi connectivity index (χ0) is 13.6. The monoisotopic (exact) mass is 260 g/mol. The van der Waals surface area contributed by atoms with E-state index in [2.05, 4.69) is 6.92 Å². The van der Waals surface area contributed by atoms with E-state index in [0.29, 0.717) is 23.7 Å². The Labute approximate surface area is 108 Å². The standard InChI is InChI=1S/C14H12O5/c1-7-2-3-18-11-6-12-9(4-8(7)11)10(15)5-13(19-12)14(16)17/h4-7H,2-3H2,1H3,(H,16,17). The molecular formula is C14H12O5. The highest BCUT2D eigenvalue weighted by Crippen LogP contribution is 2.35. The summed E-state index contributed by atoms with van der Waals surface area (Å²) < 4.78 is 10.8. The van der Waals surface area contributed by atoms with Crippen molar-refractivity contribution in [1.29, 1.82) is 0 Å². The first-order valence-electron chi connectivity index (χ1n) is 6.04. The van der Waals surface area contributed by atoms with Gasteiger partial charge < -0.3 is 14.3 Å². The maximum Gasteiger partial charge on any atom is 0.371 e. The van der Waals surface area contributed by atoms with Crippen LogP contribution in [0.25, 0.3) is 11.0 Å². The number of carboxylic acids is 1. The van der Waals surface area contributed by atoms with Crippen molar-refractivity contribution in [3.8, 4) is 5.75 Å². The van der Waals surface area contributed by atoms with Crippen molar-refractivity contribution in [2.45, 2.75) is 19.3 Å². The maximum atomic E-state index is 11.9. The maximum absolute atomic E-state index is 11.9. The fourth-order valence-corrected chi connectivity index (χ4v) is 2.32. The lowest BCUT2D eigenvalue weighted by Crippen LogP contribution is -2.13. The van der Waals surface area contributed by atoms with Crippen LogP contribution in [0.4, 0.5) is 0 Å². The van der Waals surface area contributed by atoms with E-state index in [9.17, 15) is 9.59 Å². The lowest BCUT2D eigenvalue weighted by molar-refractivity contribution is 0.0663. The molecule has 1 aromatic carbocycles. The van der Waals surface area contributed by atoms with Crippen LogP contribution in [-0.4, -0.2) is 17.7 Å². The minimum atomic E-state index is -1.26. The molecule has 0 radical (unpaired) electrons. The zero-order valence-electron chi connectivity index (χ0n) is 10.3. The molecule has 19 heavy (non-hydrogen) atoms. The number of rotatable bonds is 1. The lowest BCUT2D eigenvalue weighted by Gasteiger charge is -2.23. The van der Waals surface area contributed by atoms with E-state index in [4.69, 9.17) is 14.3 Å². The van der Waals surface area contributed by atoms with E-state index in [-0.39, 0.29) is 16.8 Å². The van der Waals surface area contributed by atoms with Crippen LogP contribution >= 0.6 is 0 Å². The van der Waals surface area contributed by atoms with Gasteiger partial charge in [-0.1, -0.05) is 6.92 Å². The highest BCUT2D eigenvalue weighted by Gasteiger charge is 2.20. The molecular weight excluding hydrogens is 248 g/mol. The van der Waals surface area contributed by atoms with Gasteiger partial charge in [0.25, 0.3) is 0 Å². The molecule has 2 aromatic rings. The molecule has 0 saturated heterocycles. The first-order valence-corrected chi connectivity index (χ1v) is 6.04. The topological polar surface area (TPSA) is 76.7 Å². The fraction of sp³-hybridized carbons (Fsp3) is 0.286. The fourth-order valence-electron chi connectivity index (χ4n) is 2.32. The van der Waals surface area contributed by atoms with Gasteiger partial charge in [0.1, 0.15) is 11.3 Å². The van der Waals surface area contributed by atoms with Gasteiger partial charge in [-0.05, 0) is 24.0 Å². The summed E-state index contributed by atoms with van der Waals surface area (Å²) in [5.41, 5.74) is 0.867. The SMILES string of the molecule is CC1CCOc2cc3oc(C(=O)O)cc(=O)c3cc21. The first-order chi connectivity index (χ1) is 9.06. The number of benzene rings is 1. The van der Waals surface area contributed by atoms with Gasteiger partial charge in [-0.3, -0.25) is 4.79 Å². The molecule has 0 amide bonds. The molecule has 1 N–H and O–H groups in total. The van der Waals surface area contributed by atoms with Crippen molar-refractivity contribution in [3.63, 3.8) is 0 Å². The second-order valence-electron chi connectivity index (χ2n) is 4.70. The van der Waals surface area contributed by atoms with Crippen LogP contribution in [0.2, 0.25) is 0 Å². The van der Waals surface area contributed by atoms with Crippen molar-refractivity contribution >= 4 is 16.9 Å². The van der Waals surface area contributed by atoms with Gasteiger partial charge in [0, 0.05) is 12.1 Å². The van der Waals surface area contributed by atoms with Crippen molar-refractivity contribution in [2.75, 3.05) is 6.61 Å². The van der Waals surface area contributed by atoms with Gasteiger partial charge in [0.2, 0.25) is 5.76 Å². The van der Waals surface area contributed by atoms with Crippen molar-refractivity contribution in [2.24, 2.45) is 0 Å². The van der Waals surface area contributed by atoms with Gasteiger partial charge in [-0.15, -0.1) is 0 Å². The average Bonchev–Trinajstić information content (AvgIpc) is 2.37. The summed E-state index contributed by atoms with van der Waals surface area (Å²) in [5, 5.41) is 9.28. The van der Waals surface area contributed by atoms with Crippen LogP contribution in [0.15, 0.2) is 27.4 Å². The molecule has 1 aromatic heterocycles. The van der Waals surface area contributed by atoms with Crippen molar-refractivity contribution in [1.82, 2.24) is 0 Å². The van der Waals surface area contributed by atoms with Gasteiger partial charge >= 0.3 is 5.97 Å². The molecule has 0 aliphatic carbocycles. The summed E-state index contributed by atoms with van der Waals surface area (Å²) in [6.45, 7) is 2.68. The Bertz CT molecular complexity index is 728. The Hall–Kier alpha value is -2.30. The molecule has 1 aliphatic heterocycles. The van der Waals surface area contributed by atoms with Crippen LogP contribution < -0.4 is 10.2 Å². The number of aromatic carboxylic acids is 1. The van der Waals surface area contributed by atoms with Crippen molar-refractivity contribution in [3.05, 3.63) is 39.7 Å². The second-order valence-corrected chi connectivity index (χ2v) is 4.70. The molecule has 1 aliphatic rings. The van der Waals surface area contributed by atoms with E-state index in [1.807, 2.05) is 0 Å². The number of carbonyl (C=O) groups is 1. The minimum Gasteiger partial charge on any atom is -0.493 e.